The fourth-order valence-corrected chi connectivity index (χ4v) is 5.06. The van der Waals surface area contributed by atoms with Crippen molar-refractivity contribution < 1.29 is 19.4 Å². The van der Waals surface area contributed by atoms with E-state index in [1.807, 2.05) is 66.7 Å². The van der Waals surface area contributed by atoms with Crippen LogP contribution in [0.25, 0.3) is 0 Å². The maximum atomic E-state index is 13.4. The Hall–Kier alpha value is -2.92. The summed E-state index contributed by atoms with van der Waals surface area (Å²) in [6, 6.07) is 19.4. The van der Waals surface area contributed by atoms with Crippen LogP contribution in [-0.4, -0.2) is 34.5 Å². The number of aliphatic carboxylic acids is 1. The number of rotatable bonds is 5. The second kappa shape index (κ2) is 6.31. The number of hydrogen-bond donors (Lipinski definition) is 0. The molecule has 1 spiro atoms. The number of carboxylic acids is 1. The van der Waals surface area contributed by atoms with Crippen molar-refractivity contribution >= 4 is 11.9 Å². The van der Waals surface area contributed by atoms with E-state index < -0.39 is 29.5 Å². The van der Waals surface area contributed by atoms with Crippen LogP contribution < -0.4 is 5.11 Å². The Morgan fingerprint density at radius 2 is 1.68 bits per heavy atom. The summed E-state index contributed by atoms with van der Waals surface area (Å²) in [6.07, 6.45) is 3.72. The lowest BCUT2D eigenvalue weighted by molar-refractivity contribution is -0.313. The molecule has 5 heteroatoms. The zero-order chi connectivity index (χ0) is 19.3. The number of fused-ring (bicyclic) bond motifs is 1. The summed E-state index contributed by atoms with van der Waals surface area (Å²) >= 11 is 0. The maximum Gasteiger partial charge on any atom is 0.230 e. The molecule has 0 aromatic heterocycles. The van der Waals surface area contributed by atoms with Gasteiger partial charge in [0.05, 0.1) is 18.1 Å². The van der Waals surface area contributed by atoms with Crippen LogP contribution in [-0.2, 0) is 27.3 Å². The number of amides is 1. The van der Waals surface area contributed by atoms with Crippen molar-refractivity contribution in [2.75, 3.05) is 0 Å². The lowest BCUT2D eigenvalue weighted by Crippen LogP contribution is -2.47. The number of carboxylic acid groups (broad SMARTS) is 1. The fourth-order valence-electron chi connectivity index (χ4n) is 5.06. The highest BCUT2D eigenvalue weighted by molar-refractivity contribution is 5.91. The molecule has 5 nitrogen and oxygen atoms in total. The molecule has 2 saturated heterocycles. The first-order valence-corrected chi connectivity index (χ1v) is 9.56. The predicted molar refractivity (Wildman–Crippen MR) is 99.7 cm³/mol. The molecule has 142 valence electrons. The molecule has 0 saturated carbocycles. The van der Waals surface area contributed by atoms with E-state index in [4.69, 9.17) is 4.74 Å². The summed E-state index contributed by atoms with van der Waals surface area (Å²) in [5.74, 6) is -3.04. The van der Waals surface area contributed by atoms with Gasteiger partial charge in [0, 0.05) is 18.4 Å². The lowest BCUT2D eigenvalue weighted by atomic mass is 9.74. The van der Waals surface area contributed by atoms with Crippen LogP contribution in [0.1, 0.15) is 11.1 Å². The molecule has 3 heterocycles. The quantitative estimate of drug-likeness (QED) is 0.741. The standard InChI is InChI=1S/C23H21NO4/c25-21-20-19(22(26)27)17-11-12-23(20,28-17)18(13-15-7-3-1-4-8-15)24(21)14-16-9-5-2-6-10-16/h1-12,17-20H,13-14H2,(H,26,27)/p-1/t17-,18+,19+,20+,23+/m0/s1. The van der Waals surface area contributed by atoms with Gasteiger partial charge in [0.2, 0.25) is 5.91 Å². The van der Waals surface area contributed by atoms with Crippen molar-refractivity contribution in [1.82, 2.24) is 4.90 Å². The van der Waals surface area contributed by atoms with Crippen LogP contribution in [0.3, 0.4) is 0 Å². The predicted octanol–water partition coefficient (Wildman–Crippen LogP) is 1.33. The van der Waals surface area contributed by atoms with Gasteiger partial charge in [-0.15, -0.1) is 0 Å². The van der Waals surface area contributed by atoms with Gasteiger partial charge in [-0.3, -0.25) is 4.79 Å². The highest BCUT2D eigenvalue weighted by Crippen LogP contribution is 2.55. The van der Waals surface area contributed by atoms with Crippen LogP contribution in [0.4, 0.5) is 0 Å². The molecular weight excluding hydrogens is 354 g/mol. The van der Waals surface area contributed by atoms with E-state index >= 15 is 0 Å². The Kier molecular flexibility index (Phi) is 3.88. The molecule has 3 aliphatic rings. The average molecular weight is 374 g/mol. The summed E-state index contributed by atoms with van der Waals surface area (Å²) in [4.78, 5) is 27.0. The number of carbonyl (C=O) groups excluding carboxylic acids is 2. The Labute approximate surface area is 163 Å². The Balaban J connectivity index is 1.56. The van der Waals surface area contributed by atoms with E-state index in [9.17, 15) is 14.7 Å². The zero-order valence-corrected chi connectivity index (χ0v) is 15.2. The van der Waals surface area contributed by atoms with Gasteiger partial charge in [-0.2, -0.15) is 0 Å². The first kappa shape index (κ1) is 17.2. The fraction of sp³-hybridized carbons (Fsp3) is 0.304. The Morgan fingerprint density at radius 1 is 1.04 bits per heavy atom. The minimum atomic E-state index is -1.21. The highest BCUT2D eigenvalue weighted by atomic mass is 16.5. The topological polar surface area (TPSA) is 69.7 Å². The largest absolute Gasteiger partial charge is 0.550 e. The smallest absolute Gasteiger partial charge is 0.230 e. The molecule has 0 aliphatic carbocycles. The van der Waals surface area contributed by atoms with Crippen molar-refractivity contribution in [2.45, 2.75) is 30.7 Å². The van der Waals surface area contributed by atoms with E-state index in [1.54, 1.807) is 11.0 Å². The number of ether oxygens (including phenoxy) is 1. The summed E-state index contributed by atoms with van der Waals surface area (Å²) in [5.41, 5.74) is 1.19. The van der Waals surface area contributed by atoms with Gasteiger partial charge < -0.3 is 19.5 Å². The first-order valence-electron chi connectivity index (χ1n) is 9.56. The number of carbonyl (C=O) groups is 2. The maximum absolute atomic E-state index is 13.4. The monoisotopic (exact) mass is 374 g/mol. The molecule has 0 N–H and O–H groups in total. The summed E-state index contributed by atoms with van der Waals surface area (Å²) in [7, 11) is 0. The van der Waals surface area contributed by atoms with Gasteiger partial charge >= 0.3 is 0 Å². The molecule has 1 amide bonds. The van der Waals surface area contributed by atoms with E-state index in [0.29, 0.717) is 13.0 Å². The van der Waals surface area contributed by atoms with Crippen molar-refractivity contribution in [3.63, 3.8) is 0 Å². The third-order valence-electron chi connectivity index (χ3n) is 6.27. The average Bonchev–Trinajstić information content (AvgIpc) is 3.34. The van der Waals surface area contributed by atoms with E-state index in [-0.39, 0.29) is 11.9 Å². The van der Waals surface area contributed by atoms with Crippen LogP contribution >= 0.6 is 0 Å². The molecule has 2 aromatic rings. The van der Waals surface area contributed by atoms with Gasteiger partial charge in [-0.25, -0.2) is 0 Å². The third-order valence-corrected chi connectivity index (χ3v) is 6.27. The summed E-state index contributed by atoms with van der Waals surface area (Å²) < 4.78 is 6.19. The van der Waals surface area contributed by atoms with Crippen molar-refractivity contribution in [1.29, 1.82) is 0 Å². The molecule has 28 heavy (non-hydrogen) atoms. The van der Waals surface area contributed by atoms with E-state index in [2.05, 4.69) is 0 Å². The molecule has 0 unspecified atom stereocenters. The first-order chi connectivity index (χ1) is 13.6. The summed E-state index contributed by atoms with van der Waals surface area (Å²) in [5, 5.41) is 11.8. The van der Waals surface area contributed by atoms with Crippen molar-refractivity contribution in [3.05, 3.63) is 83.9 Å². The van der Waals surface area contributed by atoms with E-state index in [0.717, 1.165) is 11.1 Å². The Bertz CT molecular complexity index is 942. The van der Waals surface area contributed by atoms with Crippen LogP contribution in [0, 0.1) is 11.8 Å². The van der Waals surface area contributed by atoms with Crippen molar-refractivity contribution in [2.24, 2.45) is 11.8 Å². The third kappa shape index (κ3) is 2.43. The van der Waals surface area contributed by atoms with Crippen LogP contribution in [0.15, 0.2) is 72.8 Å². The van der Waals surface area contributed by atoms with Gasteiger partial charge in [0.15, 0.2) is 0 Å². The minimum Gasteiger partial charge on any atom is -0.550 e. The Morgan fingerprint density at radius 3 is 2.32 bits per heavy atom. The molecule has 5 rings (SSSR count). The summed E-state index contributed by atoms with van der Waals surface area (Å²) in [6.45, 7) is 0.428. The van der Waals surface area contributed by atoms with Gasteiger partial charge in [-0.05, 0) is 17.5 Å². The van der Waals surface area contributed by atoms with Gasteiger partial charge in [-0.1, -0.05) is 72.8 Å². The molecule has 2 aromatic carbocycles. The number of hydrogen-bond acceptors (Lipinski definition) is 4. The normalized spacial score (nSPS) is 32.7. The van der Waals surface area contributed by atoms with Crippen LogP contribution in [0.5, 0.6) is 0 Å². The molecule has 2 bridgehead atoms. The number of likely N-dealkylation sites (tertiary alicyclic amines) is 1. The molecular formula is C23H20NO4-. The lowest BCUT2D eigenvalue weighted by Gasteiger charge is -2.33. The minimum absolute atomic E-state index is 0.161. The molecule has 2 fully saturated rings. The number of benzene rings is 2. The van der Waals surface area contributed by atoms with Crippen LogP contribution in [0.2, 0.25) is 0 Å². The number of nitrogens with zero attached hydrogens (tertiary/aromatic N) is 1. The van der Waals surface area contributed by atoms with E-state index in [1.165, 1.54) is 0 Å². The molecule has 0 radical (unpaired) electrons. The SMILES string of the molecule is O=C([O-])[C@@H]1[C@@H]2C=C[C@]3(O2)[C@H]1C(=O)N(Cc1ccccc1)[C@@H]3Cc1ccccc1. The van der Waals surface area contributed by atoms with Crippen molar-refractivity contribution in [3.8, 4) is 0 Å². The van der Waals surface area contributed by atoms with Gasteiger partial charge in [0.1, 0.15) is 5.60 Å². The molecule has 5 atom stereocenters. The highest BCUT2D eigenvalue weighted by Gasteiger charge is 2.69. The molecule has 3 aliphatic heterocycles. The second-order valence-electron chi connectivity index (χ2n) is 7.77. The van der Waals surface area contributed by atoms with Gasteiger partial charge in [0.25, 0.3) is 0 Å². The second-order valence-corrected chi connectivity index (χ2v) is 7.77. The zero-order valence-electron chi connectivity index (χ0n) is 15.2.